The van der Waals surface area contributed by atoms with E-state index in [1.165, 1.54) is 6.42 Å². The number of nitrogens with zero attached hydrogens (tertiary/aromatic N) is 1. The third-order valence-electron chi connectivity index (χ3n) is 3.96. The third kappa shape index (κ3) is 4.44. The predicted octanol–water partition coefficient (Wildman–Crippen LogP) is 3.07. The Kier molecular flexibility index (Phi) is 6.16. The summed E-state index contributed by atoms with van der Waals surface area (Å²) < 4.78 is 0. The SMILES string of the molecule is CCC[C@H](C=O)[C@@H](C[N+](=O)[O-])C1CCCCC1. The minimum absolute atomic E-state index is 0.0337. The van der Waals surface area contributed by atoms with Gasteiger partial charge in [0.25, 0.3) is 0 Å². The number of hydrogen-bond acceptors (Lipinski definition) is 3. The lowest BCUT2D eigenvalue weighted by atomic mass is 9.73. The highest BCUT2D eigenvalue weighted by molar-refractivity contribution is 5.54. The van der Waals surface area contributed by atoms with Crippen molar-refractivity contribution in [2.45, 2.75) is 51.9 Å². The Hall–Kier alpha value is -0.930. The molecular formula is C13H23NO3. The van der Waals surface area contributed by atoms with E-state index in [9.17, 15) is 14.9 Å². The molecule has 0 heterocycles. The van der Waals surface area contributed by atoms with Crippen LogP contribution in [0.2, 0.25) is 0 Å². The van der Waals surface area contributed by atoms with Crippen molar-refractivity contribution in [2.24, 2.45) is 17.8 Å². The monoisotopic (exact) mass is 241 g/mol. The van der Waals surface area contributed by atoms with Crippen molar-refractivity contribution in [3.63, 3.8) is 0 Å². The zero-order valence-corrected chi connectivity index (χ0v) is 10.6. The van der Waals surface area contributed by atoms with Gasteiger partial charge in [0, 0.05) is 16.8 Å². The van der Waals surface area contributed by atoms with Gasteiger partial charge in [-0.05, 0) is 25.2 Å². The highest BCUT2D eigenvalue weighted by atomic mass is 16.6. The molecule has 4 heteroatoms. The van der Waals surface area contributed by atoms with Gasteiger partial charge in [-0.3, -0.25) is 10.1 Å². The lowest BCUT2D eigenvalue weighted by Crippen LogP contribution is -2.32. The normalized spacial score (nSPS) is 20.8. The summed E-state index contributed by atoms with van der Waals surface area (Å²) in [5, 5.41) is 10.8. The summed E-state index contributed by atoms with van der Waals surface area (Å²) in [5.41, 5.74) is 0. The minimum atomic E-state index is -0.245. The molecule has 0 bridgehead atoms. The molecule has 1 rings (SSSR count). The van der Waals surface area contributed by atoms with Crippen LogP contribution in [-0.4, -0.2) is 17.8 Å². The van der Waals surface area contributed by atoms with Crippen LogP contribution >= 0.6 is 0 Å². The Morgan fingerprint density at radius 3 is 2.47 bits per heavy atom. The standard InChI is InChI=1S/C13H23NO3/c1-2-6-12(10-15)13(9-14(16)17)11-7-4-3-5-8-11/h10-13H,2-9H2,1H3/t12-,13+/m1/s1. The summed E-state index contributed by atoms with van der Waals surface area (Å²) in [5.74, 6) is 0.229. The Morgan fingerprint density at radius 1 is 1.35 bits per heavy atom. The Labute approximate surface area is 103 Å². The quantitative estimate of drug-likeness (QED) is 0.391. The topological polar surface area (TPSA) is 60.2 Å². The van der Waals surface area contributed by atoms with Crippen molar-refractivity contribution in [2.75, 3.05) is 6.54 Å². The van der Waals surface area contributed by atoms with E-state index in [0.29, 0.717) is 5.92 Å². The smallest absolute Gasteiger partial charge is 0.207 e. The first-order valence-electron chi connectivity index (χ1n) is 6.76. The van der Waals surface area contributed by atoms with Gasteiger partial charge in [0.1, 0.15) is 6.29 Å². The van der Waals surface area contributed by atoms with Crippen LogP contribution in [0.1, 0.15) is 51.9 Å². The molecule has 0 unspecified atom stereocenters. The fraction of sp³-hybridized carbons (Fsp3) is 0.923. The van der Waals surface area contributed by atoms with Gasteiger partial charge >= 0.3 is 0 Å². The highest BCUT2D eigenvalue weighted by Gasteiger charge is 2.33. The molecule has 17 heavy (non-hydrogen) atoms. The van der Waals surface area contributed by atoms with Crippen LogP contribution in [-0.2, 0) is 4.79 Å². The van der Waals surface area contributed by atoms with E-state index in [1.807, 2.05) is 6.92 Å². The van der Waals surface area contributed by atoms with E-state index in [0.717, 1.165) is 44.8 Å². The molecular weight excluding hydrogens is 218 g/mol. The molecule has 1 aliphatic carbocycles. The van der Waals surface area contributed by atoms with Gasteiger partial charge in [0.05, 0.1) is 0 Å². The lowest BCUT2D eigenvalue weighted by molar-refractivity contribution is -0.491. The molecule has 2 atom stereocenters. The first-order chi connectivity index (χ1) is 8.19. The molecule has 0 aliphatic heterocycles. The number of carbonyl (C=O) groups is 1. The summed E-state index contributed by atoms with van der Waals surface area (Å²) >= 11 is 0. The zero-order valence-electron chi connectivity index (χ0n) is 10.6. The summed E-state index contributed by atoms with van der Waals surface area (Å²) in [6, 6.07) is 0. The van der Waals surface area contributed by atoms with Crippen molar-refractivity contribution >= 4 is 6.29 Å². The van der Waals surface area contributed by atoms with Gasteiger partial charge in [0.15, 0.2) is 0 Å². The average Bonchev–Trinajstić information content (AvgIpc) is 2.34. The third-order valence-corrected chi connectivity index (χ3v) is 3.96. The van der Waals surface area contributed by atoms with E-state index >= 15 is 0 Å². The summed E-state index contributed by atoms with van der Waals surface area (Å²) in [6.45, 7) is 1.99. The average molecular weight is 241 g/mol. The zero-order chi connectivity index (χ0) is 12.7. The summed E-state index contributed by atoms with van der Waals surface area (Å²) in [6.07, 6.45) is 8.35. The van der Waals surface area contributed by atoms with Crippen LogP contribution < -0.4 is 0 Å². The van der Waals surface area contributed by atoms with E-state index < -0.39 is 0 Å². The van der Waals surface area contributed by atoms with Crippen LogP contribution in [0.5, 0.6) is 0 Å². The van der Waals surface area contributed by atoms with Gasteiger partial charge in [-0.2, -0.15) is 0 Å². The Balaban J connectivity index is 2.68. The molecule has 4 nitrogen and oxygen atoms in total. The minimum Gasteiger partial charge on any atom is -0.303 e. The molecule has 98 valence electrons. The van der Waals surface area contributed by atoms with Crippen LogP contribution in [0.15, 0.2) is 0 Å². The highest BCUT2D eigenvalue weighted by Crippen LogP contribution is 2.35. The maximum absolute atomic E-state index is 11.1. The van der Waals surface area contributed by atoms with Crippen LogP contribution in [0.4, 0.5) is 0 Å². The van der Waals surface area contributed by atoms with Gasteiger partial charge in [-0.1, -0.05) is 32.6 Å². The fourth-order valence-electron chi connectivity index (χ4n) is 3.08. The maximum atomic E-state index is 11.1. The Morgan fingerprint density at radius 2 is 2.00 bits per heavy atom. The molecule has 0 aromatic carbocycles. The van der Waals surface area contributed by atoms with E-state index in [4.69, 9.17) is 0 Å². The molecule has 0 radical (unpaired) electrons. The van der Waals surface area contributed by atoms with E-state index in [1.54, 1.807) is 0 Å². The summed E-state index contributed by atoms with van der Waals surface area (Å²) in [4.78, 5) is 21.7. The maximum Gasteiger partial charge on any atom is 0.207 e. The van der Waals surface area contributed by atoms with Crippen molar-refractivity contribution in [3.8, 4) is 0 Å². The predicted molar refractivity (Wildman–Crippen MR) is 66.4 cm³/mol. The van der Waals surface area contributed by atoms with Crippen molar-refractivity contribution in [1.29, 1.82) is 0 Å². The first kappa shape index (κ1) is 14.1. The van der Waals surface area contributed by atoms with E-state index in [2.05, 4.69) is 0 Å². The molecule has 0 spiro atoms. The molecule has 0 aromatic rings. The fourth-order valence-corrected chi connectivity index (χ4v) is 3.08. The van der Waals surface area contributed by atoms with Crippen LogP contribution in [0.3, 0.4) is 0 Å². The lowest BCUT2D eigenvalue weighted by Gasteiger charge is -2.31. The molecule has 0 aromatic heterocycles. The van der Waals surface area contributed by atoms with Gasteiger partial charge < -0.3 is 4.79 Å². The molecule has 0 amide bonds. The van der Waals surface area contributed by atoms with E-state index in [-0.39, 0.29) is 23.3 Å². The molecule has 1 saturated carbocycles. The second-order valence-electron chi connectivity index (χ2n) is 5.17. The summed E-state index contributed by atoms with van der Waals surface area (Å²) in [7, 11) is 0. The Bertz CT molecular complexity index is 249. The van der Waals surface area contributed by atoms with Crippen molar-refractivity contribution in [3.05, 3.63) is 10.1 Å². The molecule has 0 N–H and O–H groups in total. The number of carbonyl (C=O) groups excluding carboxylic acids is 1. The first-order valence-corrected chi connectivity index (χ1v) is 6.76. The number of rotatable bonds is 7. The van der Waals surface area contributed by atoms with Gasteiger partial charge in [0.2, 0.25) is 6.54 Å². The molecule has 0 saturated heterocycles. The second kappa shape index (κ2) is 7.41. The van der Waals surface area contributed by atoms with Gasteiger partial charge in [-0.25, -0.2) is 0 Å². The molecule has 1 aliphatic rings. The molecule has 1 fully saturated rings. The second-order valence-corrected chi connectivity index (χ2v) is 5.17. The number of nitro groups is 1. The number of aldehydes is 1. The largest absolute Gasteiger partial charge is 0.303 e. The van der Waals surface area contributed by atoms with Crippen LogP contribution in [0.25, 0.3) is 0 Å². The van der Waals surface area contributed by atoms with Crippen molar-refractivity contribution < 1.29 is 9.72 Å². The van der Waals surface area contributed by atoms with Gasteiger partial charge in [-0.15, -0.1) is 0 Å². The van der Waals surface area contributed by atoms with Crippen LogP contribution in [0, 0.1) is 27.9 Å². The number of hydrogen-bond donors (Lipinski definition) is 0. The van der Waals surface area contributed by atoms with Crippen molar-refractivity contribution in [1.82, 2.24) is 0 Å².